The highest BCUT2D eigenvalue weighted by atomic mass is 16.6. The maximum atomic E-state index is 11.1. The van der Waals surface area contributed by atoms with Gasteiger partial charge in [0.2, 0.25) is 0 Å². The summed E-state index contributed by atoms with van der Waals surface area (Å²) in [7, 11) is 1.27. The highest BCUT2D eigenvalue weighted by Gasteiger charge is 2.17. The molecule has 1 rings (SSSR count). The van der Waals surface area contributed by atoms with Crippen LogP contribution in [0.1, 0.15) is 12.5 Å². The van der Waals surface area contributed by atoms with Gasteiger partial charge in [-0.1, -0.05) is 18.2 Å². The molecule has 1 aromatic carbocycles. The summed E-state index contributed by atoms with van der Waals surface area (Å²) in [5, 5.41) is 11.0. The fraction of sp³-hybridized carbons (Fsp3) is 0.308. The van der Waals surface area contributed by atoms with Crippen LogP contribution in [-0.4, -0.2) is 24.6 Å². The Kier molecular flexibility index (Phi) is 5.53. The number of hydrogen-bond acceptors (Lipinski definition) is 5. The molecular formula is C13H15NO5. The number of esters is 1. The largest absolute Gasteiger partial charge is 0.483 e. The van der Waals surface area contributed by atoms with E-state index in [4.69, 9.17) is 4.74 Å². The van der Waals surface area contributed by atoms with Gasteiger partial charge in [-0.3, -0.25) is 14.9 Å². The molecule has 6 nitrogen and oxygen atoms in total. The van der Waals surface area contributed by atoms with Crippen LogP contribution in [0, 0.1) is 10.1 Å². The molecule has 0 saturated carbocycles. The third-order valence-electron chi connectivity index (χ3n) is 2.37. The zero-order valence-electron chi connectivity index (χ0n) is 10.8. The third kappa shape index (κ3) is 4.42. The Bertz CT molecular complexity index is 496. The Balaban J connectivity index is 2.94. The van der Waals surface area contributed by atoms with Gasteiger partial charge in [-0.25, -0.2) is 0 Å². The molecule has 0 radical (unpaired) electrons. The molecule has 0 saturated heterocycles. The lowest BCUT2D eigenvalue weighted by molar-refractivity contribution is -0.385. The topological polar surface area (TPSA) is 78.7 Å². The number of benzene rings is 1. The van der Waals surface area contributed by atoms with Crippen molar-refractivity contribution >= 4 is 11.7 Å². The lowest BCUT2D eigenvalue weighted by Crippen LogP contribution is -2.05. The average molecular weight is 265 g/mol. The molecular weight excluding hydrogens is 250 g/mol. The number of rotatable bonds is 6. The molecule has 0 bridgehead atoms. The summed E-state index contributed by atoms with van der Waals surface area (Å²) in [6.07, 6.45) is 3.52. The van der Waals surface area contributed by atoms with Crippen LogP contribution in [0.5, 0.6) is 5.75 Å². The predicted octanol–water partition coefficient (Wildman–Crippen LogP) is 2.27. The van der Waals surface area contributed by atoms with E-state index in [9.17, 15) is 14.9 Å². The molecule has 0 aromatic heterocycles. The van der Waals surface area contributed by atoms with Crippen LogP contribution in [0.15, 0.2) is 30.4 Å². The summed E-state index contributed by atoms with van der Waals surface area (Å²) < 4.78 is 9.80. The minimum Gasteiger partial charge on any atom is -0.483 e. The monoisotopic (exact) mass is 265 g/mol. The summed E-state index contributed by atoms with van der Waals surface area (Å²) in [5.41, 5.74) is 0.350. The molecule has 0 N–H and O–H groups in total. The Hall–Kier alpha value is -2.37. The Morgan fingerprint density at radius 1 is 1.47 bits per heavy atom. The maximum absolute atomic E-state index is 11.1. The van der Waals surface area contributed by atoms with Crippen molar-refractivity contribution < 1.29 is 19.2 Å². The van der Waals surface area contributed by atoms with Crippen LogP contribution in [0.2, 0.25) is 0 Å². The molecule has 0 atom stereocenters. The number of carbonyl (C=O) groups is 1. The van der Waals surface area contributed by atoms with Crippen LogP contribution in [0.3, 0.4) is 0 Å². The summed E-state index contributed by atoms with van der Waals surface area (Å²) in [4.78, 5) is 21.5. The van der Waals surface area contributed by atoms with Crippen molar-refractivity contribution in [3.63, 3.8) is 0 Å². The molecule has 0 fully saturated rings. The van der Waals surface area contributed by atoms with E-state index in [1.165, 1.54) is 19.2 Å². The van der Waals surface area contributed by atoms with E-state index < -0.39 is 10.9 Å². The highest BCUT2D eigenvalue weighted by Crippen LogP contribution is 2.28. The molecule has 0 amide bonds. The maximum Gasteiger partial charge on any atom is 0.311 e. The van der Waals surface area contributed by atoms with Crippen LogP contribution in [-0.2, 0) is 16.0 Å². The van der Waals surface area contributed by atoms with Crippen molar-refractivity contribution in [1.82, 2.24) is 0 Å². The molecule has 0 aliphatic heterocycles. The molecule has 102 valence electrons. The van der Waals surface area contributed by atoms with Gasteiger partial charge in [-0.05, 0) is 18.6 Å². The van der Waals surface area contributed by atoms with E-state index in [2.05, 4.69) is 4.74 Å². The number of ether oxygens (including phenoxy) is 2. The van der Waals surface area contributed by atoms with E-state index in [1.54, 1.807) is 18.2 Å². The second-order valence-electron chi connectivity index (χ2n) is 3.69. The fourth-order valence-corrected chi connectivity index (χ4v) is 1.41. The lowest BCUT2D eigenvalue weighted by Gasteiger charge is -2.06. The molecule has 0 unspecified atom stereocenters. The first-order valence-corrected chi connectivity index (χ1v) is 5.66. The summed E-state index contributed by atoms with van der Waals surface area (Å²) >= 11 is 0. The smallest absolute Gasteiger partial charge is 0.311 e. The molecule has 0 aliphatic carbocycles. The Labute approximate surface area is 110 Å². The summed E-state index contributed by atoms with van der Waals surface area (Å²) in [6.45, 7) is 2.09. The van der Waals surface area contributed by atoms with Crippen LogP contribution in [0.4, 0.5) is 5.69 Å². The number of nitrogens with zero attached hydrogens (tertiary/aromatic N) is 1. The zero-order chi connectivity index (χ0) is 14.3. The van der Waals surface area contributed by atoms with Gasteiger partial charge < -0.3 is 9.47 Å². The van der Waals surface area contributed by atoms with E-state index >= 15 is 0 Å². The molecule has 19 heavy (non-hydrogen) atoms. The normalized spacial score (nSPS) is 10.4. The molecule has 1 aromatic rings. The van der Waals surface area contributed by atoms with Gasteiger partial charge in [0.05, 0.1) is 18.5 Å². The van der Waals surface area contributed by atoms with Crippen LogP contribution in [0.25, 0.3) is 0 Å². The number of nitro groups is 1. The van der Waals surface area contributed by atoms with Gasteiger partial charge in [0.25, 0.3) is 0 Å². The number of hydrogen-bond donors (Lipinski definition) is 0. The van der Waals surface area contributed by atoms with Crippen molar-refractivity contribution in [2.45, 2.75) is 13.3 Å². The van der Waals surface area contributed by atoms with Gasteiger partial charge in [-0.2, -0.15) is 0 Å². The van der Waals surface area contributed by atoms with Gasteiger partial charge in [0, 0.05) is 6.07 Å². The summed E-state index contributed by atoms with van der Waals surface area (Å²) in [6, 6.07) is 4.41. The first-order chi connectivity index (χ1) is 9.08. The zero-order valence-corrected chi connectivity index (χ0v) is 10.8. The minimum atomic E-state index is -0.536. The molecule has 0 aliphatic rings. The van der Waals surface area contributed by atoms with Crippen molar-refractivity contribution in [1.29, 1.82) is 0 Å². The SMILES string of the molecule is C/C=C/COc1ccc(CC(=O)OC)cc1[N+](=O)[O-]. The molecule has 0 spiro atoms. The fourth-order valence-electron chi connectivity index (χ4n) is 1.41. The standard InChI is InChI=1S/C13H15NO5/c1-3-4-7-19-12-6-5-10(9-13(15)18-2)8-11(12)14(16)17/h3-6,8H,7,9H2,1-2H3/b4-3+. The van der Waals surface area contributed by atoms with E-state index in [-0.39, 0.29) is 24.5 Å². The van der Waals surface area contributed by atoms with Crippen LogP contribution >= 0.6 is 0 Å². The van der Waals surface area contributed by atoms with Gasteiger partial charge >= 0.3 is 11.7 Å². The molecule has 0 heterocycles. The van der Waals surface area contributed by atoms with Crippen molar-refractivity contribution in [2.24, 2.45) is 0 Å². The van der Waals surface area contributed by atoms with E-state index in [0.717, 1.165) is 0 Å². The second kappa shape index (κ2) is 7.15. The highest BCUT2D eigenvalue weighted by molar-refractivity contribution is 5.73. The van der Waals surface area contributed by atoms with Crippen LogP contribution < -0.4 is 4.74 Å². The Morgan fingerprint density at radius 2 is 2.21 bits per heavy atom. The lowest BCUT2D eigenvalue weighted by atomic mass is 10.1. The first-order valence-electron chi connectivity index (χ1n) is 5.66. The van der Waals surface area contributed by atoms with Gasteiger partial charge in [0.1, 0.15) is 6.61 Å². The quantitative estimate of drug-likeness (QED) is 0.341. The van der Waals surface area contributed by atoms with Gasteiger partial charge in [-0.15, -0.1) is 0 Å². The van der Waals surface area contributed by atoms with Gasteiger partial charge in [0.15, 0.2) is 5.75 Å². The van der Waals surface area contributed by atoms with E-state index in [1.807, 2.05) is 6.92 Å². The number of methoxy groups -OCH3 is 1. The third-order valence-corrected chi connectivity index (χ3v) is 2.37. The average Bonchev–Trinajstić information content (AvgIpc) is 2.40. The van der Waals surface area contributed by atoms with Crippen molar-refractivity contribution in [2.75, 3.05) is 13.7 Å². The number of allylic oxidation sites excluding steroid dienone is 1. The van der Waals surface area contributed by atoms with Crippen molar-refractivity contribution in [3.8, 4) is 5.75 Å². The first kappa shape index (κ1) is 14.7. The second-order valence-corrected chi connectivity index (χ2v) is 3.69. The Morgan fingerprint density at radius 3 is 2.79 bits per heavy atom. The van der Waals surface area contributed by atoms with Crippen molar-refractivity contribution in [3.05, 3.63) is 46.0 Å². The number of carbonyl (C=O) groups excluding carboxylic acids is 1. The number of nitro benzene ring substituents is 1. The molecule has 6 heteroatoms. The minimum absolute atomic E-state index is 0.00746. The predicted molar refractivity (Wildman–Crippen MR) is 69.1 cm³/mol. The summed E-state index contributed by atoms with van der Waals surface area (Å²) in [5.74, 6) is -0.270. The van der Waals surface area contributed by atoms with E-state index in [0.29, 0.717) is 5.56 Å².